The van der Waals surface area contributed by atoms with Crippen molar-refractivity contribution < 1.29 is 9.84 Å². The number of aromatic nitrogens is 2. The molecule has 7 heteroatoms. The Morgan fingerprint density at radius 1 is 1.52 bits per heavy atom. The third kappa shape index (κ3) is 6.19. The van der Waals surface area contributed by atoms with Crippen molar-refractivity contribution in [2.24, 2.45) is 18.0 Å². The average molecular weight is 323 g/mol. The summed E-state index contributed by atoms with van der Waals surface area (Å²) in [5.41, 5.74) is -0.286. The number of guanidine groups is 1. The normalized spacial score (nSPS) is 17.8. The van der Waals surface area contributed by atoms with Crippen LogP contribution >= 0.6 is 0 Å². The lowest BCUT2D eigenvalue weighted by Gasteiger charge is -2.20. The summed E-state index contributed by atoms with van der Waals surface area (Å²) in [4.78, 5) is 4.47. The third-order valence-corrected chi connectivity index (χ3v) is 3.81. The Labute approximate surface area is 138 Å². The molecular weight excluding hydrogens is 294 g/mol. The van der Waals surface area contributed by atoms with Gasteiger partial charge in [-0.3, -0.25) is 4.68 Å². The quantitative estimate of drug-likeness (QED) is 0.352. The first-order valence-electron chi connectivity index (χ1n) is 8.32. The first-order chi connectivity index (χ1) is 11.0. The zero-order chi connectivity index (χ0) is 16.7. The van der Waals surface area contributed by atoms with Crippen molar-refractivity contribution in [3.63, 3.8) is 0 Å². The number of aliphatic hydroxyl groups is 1. The second-order valence-electron chi connectivity index (χ2n) is 6.32. The van der Waals surface area contributed by atoms with Crippen LogP contribution < -0.4 is 10.6 Å². The van der Waals surface area contributed by atoms with Gasteiger partial charge in [0.05, 0.1) is 19.3 Å². The summed E-state index contributed by atoms with van der Waals surface area (Å²) in [6.07, 6.45) is 6.09. The van der Waals surface area contributed by atoms with Crippen LogP contribution in [0.15, 0.2) is 17.4 Å². The van der Waals surface area contributed by atoms with Crippen LogP contribution in [0.3, 0.4) is 0 Å². The van der Waals surface area contributed by atoms with Crippen LogP contribution in [0.25, 0.3) is 0 Å². The fraction of sp³-hybridized carbons (Fsp3) is 0.750. The maximum atomic E-state index is 10.6. The molecular formula is C16H29N5O2. The Bertz CT molecular complexity index is 508. The molecule has 1 aliphatic rings. The van der Waals surface area contributed by atoms with E-state index in [0.717, 1.165) is 24.6 Å². The summed E-state index contributed by atoms with van der Waals surface area (Å²) in [6.45, 7) is 7.02. The van der Waals surface area contributed by atoms with Crippen molar-refractivity contribution in [1.29, 1.82) is 0 Å². The highest BCUT2D eigenvalue weighted by molar-refractivity contribution is 5.79. The van der Waals surface area contributed by atoms with Gasteiger partial charge in [-0.15, -0.1) is 0 Å². The zero-order valence-corrected chi connectivity index (χ0v) is 14.4. The standard InChI is InChI=1S/C16H29N5O2/c1-4-17-15(18-7-8-23-11-13-5-6-13)19-12-16(2,22)14-9-20-21(3)10-14/h9-10,13,22H,4-8,11-12H2,1-3H3,(H2,17,18,19). The van der Waals surface area contributed by atoms with Crippen LogP contribution in [0.5, 0.6) is 0 Å². The fourth-order valence-electron chi connectivity index (χ4n) is 2.14. The van der Waals surface area contributed by atoms with Gasteiger partial charge in [-0.2, -0.15) is 5.10 Å². The molecule has 23 heavy (non-hydrogen) atoms. The molecule has 7 nitrogen and oxygen atoms in total. The molecule has 1 fully saturated rings. The molecule has 0 saturated heterocycles. The summed E-state index contributed by atoms with van der Waals surface area (Å²) in [5.74, 6) is 1.47. The van der Waals surface area contributed by atoms with E-state index in [2.05, 4.69) is 20.7 Å². The van der Waals surface area contributed by atoms with Gasteiger partial charge in [0.15, 0.2) is 5.96 Å². The predicted molar refractivity (Wildman–Crippen MR) is 90.3 cm³/mol. The van der Waals surface area contributed by atoms with Gasteiger partial charge in [-0.05, 0) is 32.6 Å². The van der Waals surface area contributed by atoms with E-state index < -0.39 is 5.60 Å². The highest BCUT2D eigenvalue weighted by Crippen LogP contribution is 2.28. The Kier molecular flexibility index (Phi) is 6.41. The second kappa shape index (κ2) is 8.31. The lowest BCUT2D eigenvalue weighted by atomic mass is 10.0. The summed E-state index contributed by atoms with van der Waals surface area (Å²) in [5, 5.41) is 21.1. The Hall–Kier alpha value is -1.60. The fourth-order valence-corrected chi connectivity index (χ4v) is 2.14. The van der Waals surface area contributed by atoms with E-state index in [0.29, 0.717) is 19.1 Å². The minimum absolute atomic E-state index is 0.261. The molecule has 2 rings (SSSR count). The molecule has 1 aliphatic carbocycles. The molecule has 3 N–H and O–H groups in total. The van der Waals surface area contributed by atoms with E-state index in [-0.39, 0.29) is 6.54 Å². The van der Waals surface area contributed by atoms with E-state index in [1.807, 2.05) is 20.2 Å². The molecule has 1 saturated carbocycles. The molecule has 1 aromatic heterocycles. The number of ether oxygens (including phenoxy) is 1. The highest BCUT2D eigenvalue weighted by Gasteiger charge is 2.24. The van der Waals surface area contributed by atoms with Gasteiger partial charge in [-0.25, -0.2) is 4.99 Å². The lowest BCUT2D eigenvalue weighted by molar-refractivity contribution is 0.0671. The van der Waals surface area contributed by atoms with Crippen LogP contribution in [-0.2, 0) is 17.4 Å². The van der Waals surface area contributed by atoms with Gasteiger partial charge in [0, 0.05) is 38.5 Å². The summed E-state index contributed by atoms with van der Waals surface area (Å²) < 4.78 is 7.27. The molecule has 0 aromatic carbocycles. The van der Waals surface area contributed by atoms with Crippen molar-refractivity contribution in [2.75, 3.05) is 32.8 Å². The van der Waals surface area contributed by atoms with Crippen LogP contribution in [0.4, 0.5) is 0 Å². The molecule has 1 unspecified atom stereocenters. The van der Waals surface area contributed by atoms with E-state index in [9.17, 15) is 5.11 Å². The number of aliphatic imine (C=N–C) groups is 1. The number of aryl methyl sites for hydroxylation is 1. The maximum Gasteiger partial charge on any atom is 0.191 e. The molecule has 0 radical (unpaired) electrons. The minimum atomic E-state index is -1.04. The molecule has 1 aromatic rings. The van der Waals surface area contributed by atoms with Gasteiger partial charge >= 0.3 is 0 Å². The highest BCUT2D eigenvalue weighted by atomic mass is 16.5. The van der Waals surface area contributed by atoms with Crippen LogP contribution in [0, 0.1) is 5.92 Å². The Balaban J connectivity index is 1.79. The summed E-state index contributed by atoms with van der Waals surface area (Å²) in [6, 6.07) is 0. The first-order valence-corrected chi connectivity index (χ1v) is 8.32. The molecule has 0 spiro atoms. The van der Waals surface area contributed by atoms with Gasteiger partial charge in [0.25, 0.3) is 0 Å². The van der Waals surface area contributed by atoms with Crippen molar-refractivity contribution in [1.82, 2.24) is 20.4 Å². The zero-order valence-electron chi connectivity index (χ0n) is 14.4. The van der Waals surface area contributed by atoms with Crippen LogP contribution in [0.1, 0.15) is 32.3 Å². The number of nitrogens with zero attached hydrogens (tertiary/aromatic N) is 3. The smallest absolute Gasteiger partial charge is 0.191 e. The molecule has 0 amide bonds. The topological polar surface area (TPSA) is 83.7 Å². The Morgan fingerprint density at radius 3 is 2.91 bits per heavy atom. The number of hydrogen-bond acceptors (Lipinski definition) is 4. The lowest BCUT2D eigenvalue weighted by Crippen LogP contribution is -2.40. The van der Waals surface area contributed by atoms with E-state index in [4.69, 9.17) is 4.74 Å². The van der Waals surface area contributed by atoms with Crippen molar-refractivity contribution in [3.05, 3.63) is 18.0 Å². The third-order valence-electron chi connectivity index (χ3n) is 3.81. The average Bonchev–Trinajstić information content (AvgIpc) is 3.23. The largest absolute Gasteiger partial charge is 0.383 e. The van der Waals surface area contributed by atoms with E-state index >= 15 is 0 Å². The van der Waals surface area contributed by atoms with Crippen molar-refractivity contribution >= 4 is 5.96 Å². The predicted octanol–water partition coefficient (Wildman–Crippen LogP) is 0.609. The van der Waals surface area contributed by atoms with E-state index in [1.165, 1.54) is 12.8 Å². The van der Waals surface area contributed by atoms with Crippen LogP contribution in [-0.4, -0.2) is 53.7 Å². The monoisotopic (exact) mass is 323 g/mol. The molecule has 0 bridgehead atoms. The summed E-state index contributed by atoms with van der Waals surface area (Å²) >= 11 is 0. The minimum Gasteiger partial charge on any atom is -0.383 e. The van der Waals surface area contributed by atoms with Crippen LogP contribution in [0.2, 0.25) is 0 Å². The van der Waals surface area contributed by atoms with Gasteiger partial charge in [0.2, 0.25) is 0 Å². The first kappa shape index (κ1) is 17.7. The van der Waals surface area contributed by atoms with Gasteiger partial charge in [-0.1, -0.05) is 0 Å². The van der Waals surface area contributed by atoms with Gasteiger partial charge in [0.1, 0.15) is 5.60 Å². The molecule has 1 atom stereocenters. The van der Waals surface area contributed by atoms with Crippen molar-refractivity contribution in [3.8, 4) is 0 Å². The maximum absolute atomic E-state index is 10.6. The van der Waals surface area contributed by atoms with Gasteiger partial charge < -0.3 is 20.5 Å². The molecule has 1 heterocycles. The van der Waals surface area contributed by atoms with E-state index in [1.54, 1.807) is 17.8 Å². The van der Waals surface area contributed by atoms with Crippen molar-refractivity contribution in [2.45, 2.75) is 32.3 Å². The Morgan fingerprint density at radius 2 is 2.30 bits per heavy atom. The SMILES string of the molecule is CCNC(=NCC(C)(O)c1cnn(C)c1)NCCOCC1CC1. The number of hydrogen-bond donors (Lipinski definition) is 3. The number of rotatable bonds is 9. The second-order valence-corrected chi connectivity index (χ2v) is 6.32. The summed E-state index contributed by atoms with van der Waals surface area (Å²) in [7, 11) is 1.83. The molecule has 0 aliphatic heterocycles. The molecule has 130 valence electrons. The number of nitrogens with one attached hydrogen (secondary N) is 2.